The summed E-state index contributed by atoms with van der Waals surface area (Å²) in [6.45, 7) is 2.93. The lowest BCUT2D eigenvalue weighted by Gasteiger charge is -2.39. The zero-order valence-corrected chi connectivity index (χ0v) is 14.2. The van der Waals surface area contributed by atoms with E-state index in [4.69, 9.17) is 9.84 Å². The normalized spacial score (nSPS) is 31.7. The van der Waals surface area contributed by atoms with E-state index in [2.05, 4.69) is 16.0 Å². The molecule has 0 radical (unpaired) electrons. The summed E-state index contributed by atoms with van der Waals surface area (Å²) in [6, 6.07) is 0. The Hall–Kier alpha value is -0.730. The van der Waals surface area contributed by atoms with Crippen molar-refractivity contribution >= 4 is 27.2 Å². The van der Waals surface area contributed by atoms with Crippen molar-refractivity contribution < 1.29 is 42.4 Å². The van der Waals surface area contributed by atoms with Crippen LogP contribution in [0.1, 0.15) is 19.3 Å². The maximum absolute atomic E-state index is 10.5. The molecule has 5 atom stereocenters. The molecule has 12 heteroatoms. The summed E-state index contributed by atoms with van der Waals surface area (Å²) in [7, 11) is -5.04. The highest BCUT2D eigenvalue weighted by Crippen LogP contribution is 2.30. The Morgan fingerprint density at radius 2 is 2.00 bits per heavy atom. The van der Waals surface area contributed by atoms with Gasteiger partial charge in [0.2, 0.25) is 0 Å². The number of aliphatic hydroxyl groups is 4. The maximum atomic E-state index is 10.5. The molecule has 0 amide bonds. The molecule has 0 bridgehead atoms. The minimum Gasteiger partial charge on any atom is -0.714 e. The first-order chi connectivity index (χ1) is 11.2. The van der Waals surface area contributed by atoms with Gasteiger partial charge < -0.3 is 29.7 Å². The SMILES string of the molecule is C=CCCC/C(=N\OS(=O)(=O)[O-])S[C@@H]1O[C@H](CO)[C@@H](O)[C@H](O)[C@H]1O. The highest BCUT2D eigenvalue weighted by Gasteiger charge is 2.44. The zero-order valence-electron chi connectivity index (χ0n) is 12.6. The molecule has 1 fully saturated rings. The minimum absolute atomic E-state index is 0.0283. The highest BCUT2D eigenvalue weighted by molar-refractivity contribution is 8.14. The number of aliphatic hydroxyl groups excluding tert-OH is 4. The fourth-order valence-electron chi connectivity index (χ4n) is 1.91. The number of allylic oxidation sites excluding steroid dienone is 1. The molecule has 0 unspecified atom stereocenters. The Morgan fingerprint density at radius 1 is 1.33 bits per heavy atom. The quantitative estimate of drug-likeness (QED) is 0.0745. The Balaban J connectivity index is 2.84. The third-order valence-corrected chi connectivity index (χ3v) is 4.56. The lowest BCUT2D eigenvalue weighted by molar-refractivity contribution is -0.205. The van der Waals surface area contributed by atoms with Gasteiger partial charge in [-0.2, -0.15) is 8.42 Å². The van der Waals surface area contributed by atoms with Crippen LogP contribution in [0.15, 0.2) is 17.8 Å². The summed E-state index contributed by atoms with van der Waals surface area (Å²) in [6.07, 6.45) is -2.82. The molecule has 0 aromatic rings. The third-order valence-electron chi connectivity index (χ3n) is 3.13. The van der Waals surface area contributed by atoms with Crippen LogP contribution >= 0.6 is 11.8 Å². The fourth-order valence-corrected chi connectivity index (χ4v) is 3.25. The van der Waals surface area contributed by atoms with Crippen molar-refractivity contribution in [2.24, 2.45) is 5.16 Å². The van der Waals surface area contributed by atoms with Crippen LogP contribution in [0.25, 0.3) is 0 Å². The van der Waals surface area contributed by atoms with Gasteiger partial charge in [0, 0.05) is 0 Å². The second-order valence-electron chi connectivity index (χ2n) is 4.96. The van der Waals surface area contributed by atoms with Crippen molar-refractivity contribution in [3.63, 3.8) is 0 Å². The van der Waals surface area contributed by atoms with Crippen LogP contribution in [0, 0.1) is 0 Å². The van der Waals surface area contributed by atoms with Gasteiger partial charge in [0.05, 0.1) is 6.61 Å². The first-order valence-corrected chi connectivity index (χ1v) is 9.20. The van der Waals surface area contributed by atoms with Crippen molar-refractivity contribution in [1.29, 1.82) is 0 Å². The second kappa shape index (κ2) is 9.68. The van der Waals surface area contributed by atoms with E-state index >= 15 is 0 Å². The molecular weight excluding hydrogens is 366 g/mol. The van der Waals surface area contributed by atoms with E-state index in [9.17, 15) is 28.3 Å². The molecule has 1 aliphatic rings. The van der Waals surface area contributed by atoms with Gasteiger partial charge in [-0.05, 0) is 19.3 Å². The van der Waals surface area contributed by atoms with Crippen LogP contribution in [-0.4, -0.2) is 74.9 Å². The van der Waals surface area contributed by atoms with E-state index in [1.165, 1.54) is 0 Å². The molecular formula is C12H20NO9S2-. The van der Waals surface area contributed by atoms with E-state index in [0.29, 0.717) is 12.8 Å². The smallest absolute Gasteiger partial charge is 0.284 e. The van der Waals surface area contributed by atoms with E-state index in [-0.39, 0.29) is 11.5 Å². The van der Waals surface area contributed by atoms with Crippen LogP contribution in [0.5, 0.6) is 0 Å². The summed E-state index contributed by atoms with van der Waals surface area (Å²) < 4.78 is 40.7. The van der Waals surface area contributed by atoms with Gasteiger partial charge in [0.25, 0.3) is 10.4 Å². The lowest BCUT2D eigenvalue weighted by atomic mass is 10.0. The van der Waals surface area contributed by atoms with Crippen molar-refractivity contribution in [2.75, 3.05) is 6.61 Å². The van der Waals surface area contributed by atoms with Crippen molar-refractivity contribution in [3.8, 4) is 0 Å². The number of rotatable bonds is 8. The van der Waals surface area contributed by atoms with E-state index in [1.807, 2.05) is 0 Å². The number of nitrogens with zero attached hydrogens (tertiary/aromatic N) is 1. The number of oxime groups is 1. The number of thioether (sulfide) groups is 1. The molecule has 24 heavy (non-hydrogen) atoms. The standard InChI is InChI=1S/C12H21NO9S2/c1-2-3-4-5-8(13-22-24(18,19)20)23-12-11(17)10(16)9(15)7(6-14)21-12/h2,7,9-12,14-17H,1,3-6H2,(H,18,19,20)/p-1/b13-8+/t7-,9-,10+,11-,12+/m1/s1. The zero-order chi connectivity index (χ0) is 18.3. The minimum atomic E-state index is -5.04. The fraction of sp³-hybridized carbons (Fsp3) is 0.750. The molecule has 1 aliphatic heterocycles. The summed E-state index contributed by atoms with van der Waals surface area (Å²) in [5, 5.41) is 41.8. The molecule has 0 spiro atoms. The monoisotopic (exact) mass is 386 g/mol. The van der Waals surface area contributed by atoms with Crippen molar-refractivity contribution in [3.05, 3.63) is 12.7 Å². The molecule has 0 saturated carbocycles. The molecule has 0 aromatic heterocycles. The molecule has 1 heterocycles. The van der Waals surface area contributed by atoms with Gasteiger partial charge in [0.1, 0.15) is 34.9 Å². The predicted molar refractivity (Wildman–Crippen MR) is 83.6 cm³/mol. The van der Waals surface area contributed by atoms with Gasteiger partial charge in [-0.1, -0.05) is 23.0 Å². The summed E-state index contributed by atoms with van der Waals surface area (Å²) in [4.78, 5) is 0. The maximum Gasteiger partial charge on any atom is 0.284 e. The third kappa shape index (κ3) is 6.64. The Labute approximate surface area is 143 Å². The average Bonchev–Trinajstić information content (AvgIpc) is 2.52. The average molecular weight is 386 g/mol. The number of hydrogen-bond acceptors (Lipinski definition) is 11. The van der Waals surface area contributed by atoms with Gasteiger partial charge in [-0.25, -0.2) is 0 Å². The summed E-state index contributed by atoms with van der Waals surface area (Å²) in [5.41, 5.74) is -1.15. The summed E-state index contributed by atoms with van der Waals surface area (Å²) in [5.74, 6) is 0. The number of unbranched alkanes of at least 4 members (excludes halogenated alkanes) is 1. The lowest BCUT2D eigenvalue weighted by Crippen LogP contribution is -2.57. The Morgan fingerprint density at radius 3 is 2.54 bits per heavy atom. The van der Waals surface area contributed by atoms with Crippen LogP contribution in [0.2, 0.25) is 0 Å². The second-order valence-corrected chi connectivity index (χ2v) is 7.10. The van der Waals surface area contributed by atoms with Crippen LogP contribution < -0.4 is 0 Å². The molecule has 4 N–H and O–H groups in total. The van der Waals surface area contributed by atoms with E-state index in [1.54, 1.807) is 6.08 Å². The van der Waals surface area contributed by atoms with Crippen LogP contribution in [-0.2, 0) is 19.4 Å². The first-order valence-electron chi connectivity index (χ1n) is 6.99. The van der Waals surface area contributed by atoms with Crippen molar-refractivity contribution in [2.45, 2.75) is 49.1 Å². The Bertz CT molecular complexity index is 537. The van der Waals surface area contributed by atoms with Gasteiger partial charge in [0.15, 0.2) is 0 Å². The van der Waals surface area contributed by atoms with Crippen LogP contribution in [0.3, 0.4) is 0 Å². The van der Waals surface area contributed by atoms with E-state index < -0.39 is 46.9 Å². The molecule has 10 nitrogen and oxygen atoms in total. The first kappa shape index (κ1) is 21.3. The van der Waals surface area contributed by atoms with Crippen LogP contribution in [0.4, 0.5) is 0 Å². The predicted octanol–water partition coefficient (Wildman–Crippen LogP) is -1.33. The van der Waals surface area contributed by atoms with Gasteiger partial charge in [-0.15, -0.1) is 6.58 Å². The van der Waals surface area contributed by atoms with E-state index in [0.717, 1.165) is 11.8 Å². The van der Waals surface area contributed by atoms with Gasteiger partial charge in [-0.3, -0.25) is 4.28 Å². The molecule has 140 valence electrons. The topological polar surface area (TPSA) is 169 Å². The number of hydrogen-bond donors (Lipinski definition) is 4. The molecule has 0 aromatic carbocycles. The largest absolute Gasteiger partial charge is 0.714 e. The molecule has 0 aliphatic carbocycles. The van der Waals surface area contributed by atoms with Gasteiger partial charge >= 0.3 is 0 Å². The molecule has 1 saturated heterocycles. The number of ether oxygens (including phenoxy) is 1. The Kier molecular flexibility index (Phi) is 8.59. The van der Waals surface area contributed by atoms with Crippen molar-refractivity contribution in [1.82, 2.24) is 0 Å². The summed E-state index contributed by atoms with van der Waals surface area (Å²) >= 11 is 0.723. The molecule has 1 rings (SSSR count). The highest BCUT2D eigenvalue weighted by atomic mass is 32.3.